The van der Waals surface area contributed by atoms with Crippen molar-refractivity contribution in [2.45, 2.75) is 0 Å². The quantitative estimate of drug-likeness (QED) is 0.276. The Hall–Kier alpha value is -3.58. The smallest absolute Gasteiger partial charge is 0.261 e. The fraction of sp³-hybridized carbons (Fsp3) is 0.0435. The number of halogens is 1. The van der Waals surface area contributed by atoms with Gasteiger partial charge in [-0.15, -0.1) is 0 Å². The number of anilines is 2. The minimum atomic E-state index is -0.571. The Bertz CT molecular complexity index is 1030. The first-order valence-electron chi connectivity index (χ1n) is 8.99. The van der Waals surface area contributed by atoms with Gasteiger partial charge in [0, 0.05) is 11.4 Å². The van der Waals surface area contributed by atoms with Crippen LogP contribution < -0.4 is 15.4 Å². The summed E-state index contributed by atoms with van der Waals surface area (Å²) in [7, 11) is 1.42. The molecule has 0 saturated carbocycles. The van der Waals surface area contributed by atoms with Gasteiger partial charge < -0.3 is 20.5 Å². The van der Waals surface area contributed by atoms with Crippen LogP contribution in [-0.2, 0) is 9.59 Å². The summed E-state index contributed by atoms with van der Waals surface area (Å²) < 4.78 is 5.52. The molecular formula is C23H19BrN2O4. The van der Waals surface area contributed by atoms with Crippen molar-refractivity contribution in [2.24, 2.45) is 0 Å². The third-order valence-electron chi connectivity index (χ3n) is 4.13. The van der Waals surface area contributed by atoms with E-state index in [-0.39, 0.29) is 17.1 Å². The Balaban J connectivity index is 1.98. The van der Waals surface area contributed by atoms with Crippen LogP contribution >= 0.6 is 15.9 Å². The molecule has 0 aliphatic heterocycles. The minimum Gasteiger partial charge on any atom is -0.503 e. The molecule has 0 atom stereocenters. The summed E-state index contributed by atoms with van der Waals surface area (Å²) in [6, 6.07) is 20.8. The molecule has 3 N–H and O–H groups in total. The van der Waals surface area contributed by atoms with E-state index in [0.29, 0.717) is 21.4 Å². The van der Waals surface area contributed by atoms with E-state index in [1.54, 1.807) is 54.6 Å². The fourth-order valence-electron chi connectivity index (χ4n) is 2.67. The lowest BCUT2D eigenvalue weighted by Gasteiger charge is -2.11. The van der Waals surface area contributed by atoms with Crippen molar-refractivity contribution in [3.63, 3.8) is 0 Å². The van der Waals surface area contributed by atoms with E-state index >= 15 is 0 Å². The van der Waals surface area contributed by atoms with Crippen molar-refractivity contribution >= 4 is 45.2 Å². The van der Waals surface area contributed by atoms with E-state index in [4.69, 9.17) is 4.74 Å². The number of nitrogens with one attached hydrogen (secondary N) is 2. The number of hydrogen-bond donors (Lipinski definition) is 3. The van der Waals surface area contributed by atoms with Crippen LogP contribution in [0.4, 0.5) is 11.4 Å². The Labute approximate surface area is 182 Å². The first-order valence-corrected chi connectivity index (χ1v) is 9.78. The number of benzene rings is 3. The van der Waals surface area contributed by atoms with Crippen LogP contribution in [0.3, 0.4) is 0 Å². The van der Waals surface area contributed by atoms with Crippen LogP contribution in [0, 0.1) is 0 Å². The largest absolute Gasteiger partial charge is 0.503 e. The Morgan fingerprint density at radius 2 is 1.40 bits per heavy atom. The van der Waals surface area contributed by atoms with Gasteiger partial charge in [-0.25, -0.2) is 0 Å². The lowest BCUT2D eigenvalue weighted by Crippen LogP contribution is -2.25. The van der Waals surface area contributed by atoms with Crippen LogP contribution in [0.5, 0.6) is 11.5 Å². The summed E-state index contributed by atoms with van der Waals surface area (Å²) in [5.41, 5.74) is 1.51. The molecule has 2 amide bonds. The van der Waals surface area contributed by atoms with Crippen molar-refractivity contribution in [3.05, 3.63) is 88.4 Å². The topological polar surface area (TPSA) is 87.7 Å². The number of amides is 2. The summed E-state index contributed by atoms with van der Waals surface area (Å²) >= 11 is 3.25. The van der Waals surface area contributed by atoms with Gasteiger partial charge in [0.15, 0.2) is 11.5 Å². The van der Waals surface area contributed by atoms with Gasteiger partial charge in [0.1, 0.15) is 5.57 Å². The average Bonchev–Trinajstić information content (AvgIpc) is 2.75. The molecule has 0 unspecified atom stereocenters. The molecule has 0 heterocycles. The highest BCUT2D eigenvalue weighted by Crippen LogP contribution is 2.35. The average molecular weight is 467 g/mol. The maximum absolute atomic E-state index is 12.9. The lowest BCUT2D eigenvalue weighted by atomic mass is 10.1. The highest BCUT2D eigenvalue weighted by Gasteiger charge is 2.20. The highest BCUT2D eigenvalue weighted by molar-refractivity contribution is 9.10. The van der Waals surface area contributed by atoms with Gasteiger partial charge in [-0.1, -0.05) is 36.4 Å². The number of carbonyl (C=O) groups is 2. The molecule has 0 radical (unpaired) electrons. The highest BCUT2D eigenvalue weighted by atomic mass is 79.9. The molecule has 3 aromatic rings. The molecule has 0 aliphatic rings. The van der Waals surface area contributed by atoms with E-state index in [1.807, 2.05) is 12.1 Å². The second kappa shape index (κ2) is 9.76. The SMILES string of the molecule is COc1cc(C=C(C(=O)Nc2ccccc2)C(=O)Nc2ccccc2)cc(Br)c1O. The van der Waals surface area contributed by atoms with E-state index in [1.165, 1.54) is 19.3 Å². The van der Waals surface area contributed by atoms with Crippen LogP contribution in [0.1, 0.15) is 5.56 Å². The zero-order valence-electron chi connectivity index (χ0n) is 16.1. The van der Waals surface area contributed by atoms with E-state index in [2.05, 4.69) is 26.6 Å². The van der Waals surface area contributed by atoms with Gasteiger partial charge in [-0.3, -0.25) is 9.59 Å². The molecule has 30 heavy (non-hydrogen) atoms. The maximum atomic E-state index is 12.9. The third-order valence-corrected chi connectivity index (χ3v) is 4.74. The lowest BCUT2D eigenvalue weighted by molar-refractivity contribution is -0.118. The molecule has 0 fully saturated rings. The van der Waals surface area contributed by atoms with Crippen LogP contribution in [0.25, 0.3) is 6.08 Å². The van der Waals surface area contributed by atoms with Crippen LogP contribution in [-0.4, -0.2) is 24.0 Å². The minimum absolute atomic E-state index is 0.0707. The Kier molecular flexibility index (Phi) is 6.87. The molecule has 7 heteroatoms. The first-order chi connectivity index (χ1) is 14.5. The number of ether oxygens (including phenoxy) is 1. The number of phenolic OH excluding ortho intramolecular Hbond substituents is 1. The van der Waals surface area contributed by atoms with E-state index in [0.717, 1.165) is 0 Å². The van der Waals surface area contributed by atoms with E-state index in [9.17, 15) is 14.7 Å². The number of rotatable bonds is 6. The van der Waals surface area contributed by atoms with Crippen LogP contribution in [0.2, 0.25) is 0 Å². The normalized spacial score (nSPS) is 10.1. The van der Waals surface area contributed by atoms with Gasteiger partial charge in [0.2, 0.25) is 0 Å². The third kappa shape index (κ3) is 5.27. The molecule has 6 nitrogen and oxygen atoms in total. The summed E-state index contributed by atoms with van der Waals surface area (Å²) in [5.74, 6) is -1.00. The zero-order chi connectivity index (χ0) is 21.5. The van der Waals surface area contributed by atoms with Gasteiger partial charge in [0.25, 0.3) is 11.8 Å². The number of para-hydroxylation sites is 2. The summed E-state index contributed by atoms with van der Waals surface area (Å²) in [5, 5.41) is 15.5. The molecule has 0 aliphatic carbocycles. The molecule has 0 spiro atoms. The Morgan fingerprint density at radius 1 is 0.900 bits per heavy atom. The zero-order valence-corrected chi connectivity index (χ0v) is 17.6. The molecule has 3 rings (SSSR count). The Morgan fingerprint density at radius 3 is 1.87 bits per heavy atom. The molecule has 0 bridgehead atoms. The number of carbonyl (C=O) groups excluding carboxylic acids is 2. The van der Waals surface area contributed by atoms with Gasteiger partial charge in [0.05, 0.1) is 11.6 Å². The summed E-state index contributed by atoms with van der Waals surface area (Å²) in [6.45, 7) is 0. The van der Waals surface area contributed by atoms with Crippen molar-refractivity contribution in [1.82, 2.24) is 0 Å². The second-order valence-corrected chi connectivity index (χ2v) is 7.11. The van der Waals surface area contributed by atoms with Gasteiger partial charge >= 0.3 is 0 Å². The number of phenols is 1. The van der Waals surface area contributed by atoms with Crippen molar-refractivity contribution in [2.75, 3.05) is 17.7 Å². The molecule has 152 valence electrons. The monoisotopic (exact) mass is 466 g/mol. The molecule has 3 aromatic carbocycles. The second-order valence-electron chi connectivity index (χ2n) is 6.25. The first kappa shape index (κ1) is 21.1. The molecular weight excluding hydrogens is 448 g/mol. The molecule has 0 aromatic heterocycles. The number of hydrogen-bond acceptors (Lipinski definition) is 4. The number of aromatic hydroxyl groups is 1. The summed E-state index contributed by atoms with van der Waals surface area (Å²) in [6.07, 6.45) is 1.43. The molecule has 0 saturated heterocycles. The van der Waals surface area contributed by atoms with E-state index < -0.39 is 11.8 Å². The standard InChI is InChI=1S/C23H19BrN2O4/c1-30-20-14-15(13-19(24)21(20)27)12-18(22(28)25-16-8-4-2-5-9-16)23(29)26-17-10-6-3-7-11-17/h2-14,27H,1H3,(H,25,28)(H,26,29). The predicted molar refractivity (Wildman–Crippen MR) is 120 cm³/mol. The number of methoxy groups -OCH3 is 1. The van der Waals surface area contributed by atoms with Crippen molar-refractivity contribution < 1.29 is 19.4 Å². The summed E-state index contributed by atoms with van der Waals surface area (Å²) in [4.78, 5) is 25.8. The van der Waals surface area contributed by atoms with Gasteiger partial charge in [-0.05, 0) is 64.0 Å². The van der Waals surface area contributed by atoms with Crippen molar-refractivity contribution in [3.8, 4) is 11.5 Å². The van der Waals surface area contributed by atoms with Crippen LogP contribution in [0.15, 0.2) is 82.8 Å². The fourth-order valence-corrected chi connectivity index (χ4v) is 3.13. The van der Waals surface area contributed by atoms with Crippen molar-refractivity contribution in [1.29, 1.82) is 0 Å². The maximum Gasteiger partial charge on any atom is 0.261 e. The predicted octanol–water partition coefficient (Wildman–Crippen LogP) is 4.82. The van der Waals surface area contributed by atoms with Gasteiger partial charge in [-0.2, -0.15) is 0 Å².